The van der Waals surface area contributed by atoms with E-state index in [2.05, 4.69) is 48.6 Å². The molecule has 0 saturated carbocycles. The first-order valence-electron chi connectivity index (χ1n) is 13.5. The van der Waals surface area contributed by atoms with Crippen molar-refractivity contribution < 1.29 is 19.4 Å². The van der Waals surface area contributed by atoms with Gasteiger partial charge in [-0.15, -0.1) is 0 Å². The van der Waals surface area contributed by atoms with Gasteiger partial charge in [-0.3, -0.25) is 4.79 Å². The summed E-state index contributed by atoms with van der Waals surface area (Å²) < 4.78 is 12.8. The molecule has 0 amide bonds. The molecular weight excluding hydrogens is 500 g/mol. The molecule has 4 aromatic rings. The lowest BCUT2D eigenvalue weighted by Gasteiger charge is -2.20. The van der Waals surface area contributed by atoms with Crippen molar-refractivity contribution in [2.24, 2.45) is 0 Å². The van der Waals surface area contributed by atoms with E-state index in [4.69, 9.17) is 14.6 Å². The van der Waals surface area contributed by atoms with E-state index in [1.165, 1.54) is 27.8 Å². The van der Waals surface area contributed by atoms with E-state index in [0.717, 1.165) is 41.7 Å². The number of fused-ring (bicyclic) bond motifs is 1. The predicted octanol–water partition coefficient (Wildman–Crippen LogP) is 6.35. The van der Waals surface area contributed by atoms with Gasteiger partial charge < -0.3 is 19.9 Å². The Morgan fingerprint density at radius 1 is 0.925 bits per heavy atom. The summed E-state index contributed by atoms with van der Waals surface area (Å²) in [5.41, 5.74) is 9.46. The fraction of sp³-hybridized carbons (Fsp3) is 0.235. The lowest BCUT2D eigenvalue weighted by atomic mass is 9.97. The lowest BCUT2D eigenvalue weighted by molar-refractivity contribution is -0.136. The molecule has 1 aliphatic carbocycles. The molecule has 0 fully saturated rings. The maximum atomic E-state index is 11.2. The Balaban J connectivity index is 1.43. The van der Waals surface area contributed by atoms with Gasteiger partial charge in [-0.25, -0.2) is 0 Å². The Morgan fingerprint density at radius 2 is 1.70 bits per heavy atom. The number of benzene rings is 4. The predicted molar refractivity (Wildman–Crippen MR) is 154 cm³/mol. The largest absolute Gasteiger partial charge is 0.488 e. The molecule has 6 nitrogen and oxygen atoms in total. The second-order valence-electron chi connectivity index (χ2n) is 10.0. The highest BCUT2D eigenvalue weighted by Crippen LogP contribution is 2.40. The van der Waals surface area contributed by atoms with E-state index >= 15 is 0 Å². The highest BCUT2D eigenvalue weighted by molar-refractivity contribution is 5.69. The molecular formula is C34H32N2O4. The molecule has 1 aliphatic rings. The van der Waals surface area contributed by atoms with Gasteiger partial charge in [-0.2, -0.15) is 5.26 Å². The number of aliphatic carboxylic acids is 1. The molecule has 40 heavy (non-hydrogen) atoms. The van der Waals surface area contributed by atoms with Crippen molar-refractivity contribution in [1.29, 1.82) is 5.26 Å². The minimum atomic E-state index is -0.902. The lowest BCUT2D eigenvalue weighted by Crippen LogP contribution is -2.23. The van der Waals surface area contributed by atoms with Gasteiger partial charge in [0.1, 0.15) is 24.7 Å². The smallest absolute Gasteiger partial charge is 0.317 e. The number of hydrogen-bond acceptors (Lipinski definition) is 5. The number of ether oxygens (including phenoxy) is 2. The summed E-state index contributed by atoms with van der Waals surface area (Å²) in [5.74, 6) is 0.575. The van der Waals surface area contributed by atoms with E-state index in [1.54, 1.807) is 6.07 Å². The van der Waals surface area contributed by atoms with Gasteiger partial charge >= 0.3 is 5.97 Å². The van der Waals surface area contributed by atoms with Gasteiger partial charge in [0.25, 0.3) is 0 Å². The molecule has 0 heterocycles. The zero-order chi connectivity index (χ0) is 27.9. The van der Waals surface area contributed by atoms with Gasteiger partial charge in [0.15, 0.2) is 0 Å². The average molecular weight is 533 g/mol. The van der Waals surface area contributed by atoms with Crippen LogP contribution in [0.2, 0.25) is 0 Å². The van der Waals surface area contributed by atoms with Crippen LogP contribution in [0, 0.1) is 18.3 Å². The summed E-state index contributed by atoms with van der Waals surface area (Å²) >= 11 is 0. The second kappa shape index (κ2) is 12.5. The zero-order valence-electron chi connectivity index (χ0n) is 22.6. The third kappa shape index (κ3) is 6.17. The molecule has 5 rings (SSSR count). The van der Waals surface area contributed by atoms with Crippen molar-refractivity contribution in [3.8, 4) is 28.7 Å². The topological polar surface area (TPSA) is 91.6 Å². The minimum absolute atomic E-state index is 0.131. The summed E-state index contributed by atoms with van der Waals surface area (Å²) in [6.45, 7) is 3.11. The molecule has 0 unspecified atom stereocenters. The molecule has 6 heteroatoms. The number of nitriles is 1. The van der Waals surface area contributed by atoms with Crippen LogP contribution in [0.25, 0.3) is 11.1 Å². The van der Waals surface area contributed by atoms with Crippen molar-refractivity contribution in [2.45, 2.75) is 45.9 Å². The van der Waals surface area contributed by atoms with Gasteiger partial charge in [0.05, 0.1) is 18.2 Å². The van der Waals surface area contributed by atoms with E-state index in [-0.39, 0.29) is 13.2 Å². The third-order valence-corrected chi connectivity index (χ3v) is 7.38. The summed E-state index contributed by atoms with van der Waals surface area (Å²) in [7, 11) is 0. The number of carbonyl (C=O) groups is 1. The van der Waals surface area contributed by atoms with Crippen LogP contribution in [0.1, 0.15) is 45.4 Å². The fourth-order valence-corrected chi connectivity index (χ4v) is 5.35. The maximum absolute atomic E-state index is 11.2. The zero-order valence-corrected chi connectivity index (χ0v) is 22.6. The monoisotopic (exact) mass is 532 g/mol. The quantitative estimate of drug-likeness (QED) is 0.234. The van der Waals surface area contributed by atoms with E-state index in [1.807, 2.05) is 42.5 Å². The van der Waals surface area contributed by atoms with Crippen LogP contribution in [-0.2, 0) is 37.4 Å². The Labute approximate surface area is 234 Å². The van der Waals surface area contributed by atoms with Crippen molar-refractivity contribution in [2.75, 3.05) is 6.54 Å². The molecule has 2 N–H and O–H groups in total. The highest BCUT2D eigenvalue weighted by atomic mass is 16.5. The van der Waals surface area contributed by atoms with Crippen molar-refractivity contribution in [3.05, 3.63) is 118 Å². The fourth-order valence-electron chi connectivity index (χ4n) is 5.35. The van der Waals surface area contributed by atoms with Crippen LogP contribution in [0.4, 0.5) is 0 Å². The van der Waals surface area contributed by atoms with Crippen molar-refractivity contribution in [1.82, 2.24) is 5.32 Å². The minimum Gasteiger partial charge on any atom is -0.488 e. The highest BCUT2D eigenvalue weighted by Gasteiger charge is 2.24. The molecule has 0 radical (unpaired) electrons. The van der Waals surface area contributed by atoms with Crippen molar-refractivity contribution >= 4 is 5.97 Å². The average Bonchev–Trinajstić information content (AvgIpc) is 3.47. The first kappa shape index (κ1) is 27.0. The van der Waals surface area contributed by atoms with Gasteiger partial charge in [0.2, 0.25) is 0 Å². The Hall–Kier alpha value is -4.60. The van der Waals surface area contributed by atoms with Crippen LogP contribution >= 0.6 is 0 Å². The second-order valence-corrected chi connectivity index (χ2v) is 10.0. The molecule has 4 aromatic carbocycles. The number of rotatable bonds is 11. The first-order valence-corrected chi connectivity index (χ1v) is 13.5. The molecule has 0 aromatic heterocycles. The maximum Gasteiger partial charge on any atom is 0.317 e. The standard InChI is InChI=1S/C34H32N2O4/c1-23-27(12-6-13-28(23)26-10-3-2-4-11-26)22-40-32-17-33(39-21-25-9-5-8-24(16-25)18-35)31(19-36-20-34(37)38)29-14-7-15-30(29)32/h2-6,8-13,16-17,36H,7,14-15,19-22H2,1H3,(H,37,38). The normalized spacial score (nSPS) is 12.0. The number of nitrogens with zero attached hydrogens (tertiary/aromatic N) is 1. The molecule has 0 saturated heterocycles. The molecule has 0 aliphatic heterocycles. The molecule has 0 spiro atoms. The van der Waals surface area contributed by atoms with Gasteiger partial charge in [0, 0.05) is 18.2 Å². The third-order valence-electron chi connectivity index (χ3n) is 7.38. The number of carboxylic acids is 1. The molecule has 202 valence electrons. The SMILES string of the molecule is Cc1c(COc2cc(OCc3cccc(C#N)c3)c(CNCC(=O)O)c3c2CCC3)cccc1-c1ccccc1. The summed E-state index contributed by atoms with van der Waals surface area (Å²) in [6.07, 6.45) is 2.80. The van der Waals surface area contributed by atoms with Crippen molar-refractivity contribution in [3.63, 3.8) is 0 Å². The van der Waals surface area contributed by atoms with Gasteiger partial charge in [-0.05, 0) is 77.3 Å². The molecule has 0 bridgehead atoms. The number of nitrogens with one attached hydrogen (secondary N) is 1. The van der Waals surface area contributed by atoms with Crippen LogP contribution in [0.3, 0.4) is 0 Å². The number of hydrogen-bond donors (Lipinski definition) is 2. The number of carboxylic acid groups (broad SMARTS) is 1. The van der Waals surface area contributed by atoms with E-state index in [9.17, 15) is 10.1 Å². The van der Waals surface area contributed by atoms with Gasteiger partial charge in [-0.1, -0.05) is 60.7 Å². The Morgan fingerprint density at radius 3 is 2.50 bits per heavy atom. The first-order chi connectivity index (χ1) is 19.5. The van der Waals surface area contributed by atoms with Crippen LogP contribution in [0.15, 0.2) is 78.9 Å². The summed E-state index contributed by atoms with van der Waals surface area (Å²) in [6, 6.07) is 28.1. The van der Waals surface area contributed by atoms with Crippen LogP contribution < -0.4 is 14.8 Å². The molecule has 0 atom stereocenters. The van der Waals surface area contributed by atoms with E-state index < -0.39 is 5.97 Å². The van der Waals surface area contributed by atoms with Crippen LogP contribution in [0.5, 0.6) is 11.5 Å². The Kier molecular flexibility index (Phi) is 8.44. The summed E-state index contributed by atoms with van der Waals surface area (Å²) in [5, 5.41) is 21.4. The Bertz CT molecular complexity index is 1560. The summed E-state index contributed by atoms with van der Waals surface area (Å²) in [4.78, 5) is 11.2. The van der Waals surface area contributed by atoms with Crippen LogP contribution in [-0.4, -0.2) is 17.6 Å². The van der Waals surface area contributed by atoms with E-state index in [0.29, 0.717) is 24.5 Å².